The summed E-state index contributed by atoms with van der Waals surface area (Å²) in [4.78, 5) is 9.66. The number of hydrogen-bond acceptors (Lipinski definition) is 2. The summed E-state index contributed by atoms with van der Waals surface area (Å²) < 4.78 is 39.3. The van der Waals surface area contributed by atoms with E-state index in [1.54, 1.807) is 0 Å². The Morgan fingerprint density at radius 3 is 1.75 bits per heavy atom. The maximum Gasteiger partial charge on any atom is 0.423 e. The highest BCUT2D eigenvalue weighted by molar-refractivity contribution is 6.56. The Kier molecular flexibility index (Phi) is 5.47. The molecule has 0 aromatic heterocycles. The van der Waals surface area contributed by atoms with Gasteiger partial charge in [0.15, 0.2) is 0 Å². The quantitative estimate of drug-likeness (QED) is 0.210. The van der Waals surface area contributed by atoms with Gasteiger partial charge < -0.3 is 0 Å². The number of nitro groups is 1. The Bertz CT molecular complexity index is 825. The first-order valence-electron chi connectivity index (χ1n) is 5.84. The Labute approximate surface area is 158 Å². The molecule has 0 heterocycles. The van der Waals surface area contributed by atoms with Gasteiger partial charge in [0.1, 0.15) is 5.56 Å². The van der Waals surface area contributed by atoms with Gasteiger partial charge in [-0.05, 0) is 17.7 Å². The van der Waals surface area contributed by atoms with Crippen LogP contribution in [0.4, 0.5) is 18.9 Å². The molecule has 0 saturated heterocycles. The highest BCUT2D eigenvalue weighted by Gasteiger charge is 2.38. The Hall–Kier alpha value is -0.920. The maximum atomic E-state index is 13.1. The van der Waals surface area contributed by atoms with Gasteiger partial charge in [0.25, 0.3) is 5.69 Å². The van der Waals surface area contributed by atoms with Crippen molar-refractivity contribution in [1.29, 1.82) is 0 Å². The van der Waals surface area contributed by atoms with Gasteiger partial charge in [-0.1, -0.05) is 58.0 Å². The van der Waals surface area contributed by atoms with Crippen molar-refractivity contribution in [3.63, 3.8) is 0 Å². The van der Waals surface area contributed by atoms with Crippen LogP contribution in [-0.4, -0.2) is 4.92 Å². The van der Waals surface area contributed by atoms with Crippen molar-refractivity contribution in [2.75, 3.05) is 0 Å². The first-order chi connectivity index (χ1) is 11.0. The molecule has 24 heavy (non-hydrogen) atoms. The summed E-state index contributed by atoms with van der Waals surface area (Å²) in [5.41, 5.74) is -2.83. The van der Waals surface area contributed by atoms with Crippen LogP contribution >= 0.6 is 58.0 Å². The number of benzene rings is 2. The van der Waals surface area contributed by atoms with E-state index >= 15 is 0 Å². The molecule has 3 nitrogen and oxygen atoms in total. The number of halogens is 8. The smallest absolute Gasteiger partial charge is 0.258 e. The highest BCUT2D eigenvalue weighted by atomic mass is 35.5. The third-order valence-electron chi connectivity index (χ3n) is 3.00. The Morgan fingerprint density at radius 2 is 1.33 bits per heavy atom. The van der Waals surface area contributed by atoms with E-state index in [0.29, 0.717) is 12.1 Å². The molecule has 2 rings (SSSR count). The van der Waals surface area contributed by atoms with Crippen molar-refractivity contribution in [3.8, 4) is 11.1 Å². The number of nitro benzene ring substituents is 1. The Morgan fingerprint density at radius 1 is 0.875 bits per heavy atom. The average molecular weight is 439 g/mol. The van der Waals surface area contributed by atoms with Crippen molar-refractivity contribution < 1.29 is 18.1 Å². The third kappa shape index (κ3) is 3.39. The lowest BCUT2D eigenvalue weighted by Crippen LogP contribution is -2.09. The lowest BCUT2D eigenvalue weighted by atomic mass is 10.0. The maximum absolute atomic E-state index is 13.1. The molecule has 0 amide bonds. The molecule has 0 unspecified atom stereocenters. The van der Waals surface area contributed by atoms with Gasteiger partial charge in [-0.3, -0.25) is 10.1 Å². The zero-order chi connectivity index (χ0) is 18.4. The molecule has 0 radical (unpaired) electrons. The summed E-state index contributed by atoms with van der Waals surface area (Å²) in [6.07, 6.45) is -4.96. The van der Waals surface area contributed by atoms with Crippen LogP contribution in [-0.2, 0) is 6.18 Å². The lowest BCUT2D eigenvalue weighted by molar-refractivity contribution is -0.388. The molecular weight excluding hydrogens is 436 g/mol. The number of rotatable bonds is 2. The van der Waals surface area contributed by atoms with E-state index in [-0.39, 0.29) is 36.2 Å². The van der Waals surface area contributed by atoms with Crippen molar-refractivity contribution in [2.24, 2.45) is 0 Å². The van der Waals surface area contributed by atoms with Crippen LogP contribution in [0, 0.1) is 10.1 Å². The third-order valence-corrected chi connectivity index (χ3v) is 5.27. The van der Waals surface area contributed by atoms with Crippen LogP contribution in [0.1, 0.15) is 5.56 Å². The minimum absolute atomic E-state index is 0.113. The first kappa shape index (κ1) is 19.4. The minimum atomic E-state index is -4.96. The van der Waals surface area contributed by atoms with E-state index in [9.17, 15) is 23.3 Å². The van der Waals surface area contributed by atoms with Crippen molar-refractivity contribution >= 4 is 63.7 Å². The molecule has 0 aliphatic rings. The number of hydrogen-bond donors (Lipinski definition) is 0. The first-order valence-corrected chi connectivity index (χ1v) is 7.73. The average Bonchev–Trinajstić information content (AvgIpc) is 2.50. The van der Waals surface area contributed by atoms with Gasteiger partial charge in [0.05, 0.1) is 30.0 Å². The van der Waals surface area contributed by atoms with Gasteiger partial charge in [-0.2, -0.15) is 13.2 Å². The van der Waals surface area contributed by atoms with Gasteiger partial charge in [-0.15, -0.1) is 0 Å². The molecule has 2 aromatic rings. The van der Waals surface area contributed by atoms with E-state index in [0.717, 1.165) is 6.07 Å². The largest absolute Gasteiger partial charge is 0.423 e. The molecule has 128 valence electrons. The van der Waals surface area contributed by atoms with Crippen LogP contribution < -0.4 is 0 Å². The summed E-state index contributed by atoms with van der Waals surface area (Å²) >= 11 is 29.6. The highest BCUT2D eigenvalue weighted by Crippen LogP contribution is 2.49. The second-order valence-electron chi connectivity index (χ2n) is 4.43. The molecule has 0 N–H and O–H groups in total. The molecule has 11 heteroatoms. The van der Waals surface area contributed by atoms with Gasteiger partial charge in [-0.25, -0.2) is 0 Å². The fourth-order valence-corrected chi connectivity index (χ4v) is 3.29. The molecule has 0 aliphatic carbocycles. The van der Waals surface area contributed by atoms with E-state index in [2.05, 4.69) is 0 Å². The summed E-state index contributed by atoms with van der Waals surface area (Å²) in [7, 11) is 0. The van der Waals surface area contributed by atoms with Crippen LogP contribution in [0.5, 0.6) is 0 Å². The van der Waals surface area contributed by atoms with Crippen LogP contribution in [0.25, 0.3) is 11.1 Å². The fraction of sp³-hybridized carbons (Fsp3) is 0.0769. The van der Waals surface area contributed by atoms with Crippen LogP contribution in [0.2, 0.25) is 25.1 Å². The van der Waals surface area contributed by atoms with E-state index in [1.807, 2.05) is 0 Å². The second kappa shape index (κ2) is 6.77. The topological polar surface area (TPSA) is 43.1 Å². The van der Waals surface area contributed by atoms with Crippen LogP contribution in [0.15, 0.2) is 18.2 Å². The van der Waals surface area contributed by atoms with Crippen LogP contribution in [0.3, 0.4) is 0 Å². The van der Waals surface area contributed by atoms with Crippen molar-refractivity contribution in [2.45, 2.75) is 6.18 Å². The molecule has 0 aliphatic heterocycles. The number of alkyl halides is 3. The fourth-order valence-electron chi connectivity index (χ4n) is 1.94. The lowest BCUT2D eigenvalue weighted by Gasteiger charge is -2.14. The predicted molar refractivity (Wildman–Crippen MR) is 88.6 cm³/mol. The predicted octanol–water partition coefficient (Wildman–Crippen LogP) is 7.55. The number of nitrogens with zero attached hydrogens (tertiary/aromatic N) is 1. The molecule has 0 spiro atoms. The molecule has 0 fully saturated rings. The summed E-state index contributed by atoms with van der Waals surface area (Å²) in [6, 6.07) is 2.30. The minimum Gasteiger partial charge on any atom is -0.258 e. The van der Waals surface area contributed by atoms with Crippen molar-refractivity contribution in [1.82, 2.24) is 0 Å². The van der Waals surface area contributed by atoms with Gasteiger partial charge >= 0.3 is 6.18 Å². The van der Waals surface area contributed by atoms with E-state index < -0.39 is 22.4 Å². The molecule has 0 bridgehead atoms. The SMILES string of the molecule is O=[N+]([O-])c1ccc(-c2c(Cl)c(Cl)c(Cl)c(Cl)c2Cl)cc1C(F)(F)F. The summed E-state index contributed by atoms with van der Waals surface area (Å²) in [5, 5.41) is 9.79. The molecule has 2 aromatic carbocycles. The zero-order valence-electron chi connectivity index (χ0n) is 11.0. The monoisotopic (exact) mass is 437 g/mol. The van der Waals surface area contributed by atoms with E-state index in [1.165, 1.54) is 0 Å². The van der Waals surface area contributed by atoms with Gasteiger partial charge in [0, 0.05) is 11.6 Å². The molecular formula is C13H3Cl5F3NO2. The zero-order valence-corrected chi connectivity index (χ0v) is 14.8. The standard InChI is InChI=1S/C13H3Cl5F3NO2/c14-8-7(9(15)11(17)12(18)10(8)16)4-1-2-6(22(23)24)5(3-4)13(19,20)21/h1-3H. The molecule has 0 atom stereocenters. The van der Waals surface area contributed by atoms with Gasteiger partial charge in [0.2, 0.25) is 0 Å². The molecule has 0 saturated carbocycles. The second-order valence-corrected chi connectivity index (χ2v) is 6.32. The Balaban J connectivity index is 2.83. The van der Waals surface area contributed by atoms with Crippen molar-refractivity contribution in [3.05, 3.63) is 59.0 Å². The van der Waals surface area contributed by atoms with E-state index in [4.69, 9.17) is 58.0 Å². The summed E-state index contributed by atoms with van der Waals surface area (Å²) in [6.45, 7) is 0. The summed E-state index contributed by atoms with van der Waals surface area (Å²) in [5.74, 6) is 0. The normalized spacial score (nSPS) is 11.7.